The smallest absolute Gasteiger partial charge is 0.253 e. The fourth-order valence-corrected chi connectivity index (χ4v) is 2.74. The Labute approximate surface area is 160 Å². The molecule has 1 aromatic carbocycles. The van der Waals surface area contributed by atoms with E-state index in [2.05, 4.69) is 10.6 Å². The molecule has 0 aliphatic carbocycles. The second kappa shape index (κ2) is 9.50. The number of rotatable bonds is 6. The van der Waals surface area contributed by atoms with E-state index in [1.807, 2.05) is 33.8 Å². The van der Waals surface area contributed by atoms with Crippen LogP contribution in [-0.2, 0) is 14.3 Å². The Morgan fingerprint density at radius 1 is 1.15 bits per heavy atom. The lowest BCUT2D eigenvalue weighted by Gasteiger charge is -2.27. The van der Waals surface area contributed by atoms with Crippen molar-refractivity contribution in [1.82, 2.24) is 10.2 Å². The van der Waals surface area contributed by atoms with E-state index in [1.165, 1.54) is 0 Å². The van der Waals surface area contributed by atoms with Gasteiger partial charge in [0.1, 0.15) is 0 Å². The number of nitrogens with one attached hydrogen (secondary N) is 2. The van der Waals surface area contributed by atoms with Crippen molar-refractivity contribution in [3.05, 3.63) is 29.3 Å². The van der Waals surface area contributed by atoms with Gasteiger partial charge in [-0.1, -0.05) is 32.9 Å². The number of benzene rings is 1. The highest BCUT2D eigenvalue weighted by Crippen LogP contribution is 2.22. The average molecular weight is 375 g/mol. The summed E-state index contributed by atoms with van der Waals surface area (Å²) in [4.78, 5) is 39.0. The molecule has 0 aromatic heterocycles. The predicted octanol–water partition coefficient (Wildman–Crippen LogP) is 1.81. The minimum absolute atomic E-state index is 0.0808. The van der Waals surface area contributed by atoms with Crippen molar-refractivity contribution in [3.8, 4) is 0 Å². The van der Waals surface area contributed by atoms with Gasteiger partial charge in [0.25, 0.3) is 5.91 Å². The van der Waals surface area contributed by atoms with E-state index in [0.29, 0.717) is 37.6 Å². The fourth-order valence-electron chi connectivity index (χ4n) is 2.74. The van der Waals surface area contributed by atoms with Crippen molar-refractivity contribution in [3.63, 3.8) is 0 Å². The highest BCUT2D eigenvalue weighted by atomic mass is 16.5. The first-order valence-corrected chi connectivity index (χ1v) is 9.35. The van der Waals surface area contributed by atoms with Gasteiger partial charge in [0.15, 0.2) is 0 Å². The van der Waals surface area contributed by atoms with E-state index in [-0.39, 0.29) is 36.1 Å². The number of hydrogen-bond acceptors (Lipinski definition) is 4. The number of para-hydroxylation sites is 1. The molecule has 3 amide bonds. The molecule has 2 N–H and O–H groups in total. The molecule has 0 spiro atoms. The monoisotopic (exact) mass is 375 g/mol. The molecular formula is C20H29N3O4. The molecule has 7 heteroatoms. The number of anilines is 1. The minimum Gasteiger partial charge on any atom is -0.378 e. The van der Waals surface area contributed by atoms with E-state index >= 15 is 0 Å². The molecule has 2 rings (SSSR count). The van der Waals surface area contributed by atoms with Crippen LogP contribution >= 0.6 is 0 Å². The minimum atomic E-state index is -0.382. The maximum Gasteiger partial charge on any atom is 0.253 e. The van der Waals surface area contributed by atoms with Crippen molar-refractivity contribution in [1.29, 1.82) is 0 Å². The van der Waals surface area contributed by atoms with Crippen LogP contribution in [0.5, 0.6) is 0 Å². The molecule has 1 saturated heterocycles. The largest absolute Gasteiger partial charge is 0.378 e. The molecule has 27 heavy (non-hydrogen) atoms. The van der Waals surface area contributed by atoms with Crippen molar-refractivity contribution in [2.45, 2.75) is 27.7 Å². The molecule has 1 heterocycles. The van der Waals surface area contributed by atoms with Crippen molar-refractivity contribution in [2.75, 3.05) is 38.2 Å². The first-order chi connectivity index (χ1) is 12.8. The number of carbonyl (C=O) groups excluding carboxylic acids is 3. The number of ether oxygens (including phenoxy) is 1. The quantitative estimate of drug-likeness (QED) is 0.794. The maximum absolute atomic E-state index is 12.6. The SMILES string of the molecule is Cc1cccc(C(=O)NCC(=O)N2CCOCC2)c1NC(=O)C(C)C(C)C. The molecule has 1 fully saturated rings. The second-order valence-electron chi connectivity index (χ2n) is 7.20. The van der Waals surface area contributed by atoms with E-state index in [9.17, 15) is 14.4 Å². The molecule has 1 aromatic rings. The molecule has 1 atom stereocenters. The average Bonchev–Trinajstić information content (AvgIpc) is 2.67. The van der Waals surface area contributed by atoms with Crippen LogP contribution in [0.4, 0.5) is 5.69 Å². The van der Waals surface area contributed by atoms with Gasteiger partial charge in [-0.3, -0.25) is 14.4 Å². The highest BCUT2D eigenvalue weighted by Gasteiger charge is 2.22. The summed E-state index contributed by atoms with van der Waals surface area (Å²) in [5.41, 5.74) is 1.65. The summed E-state index contributed by atoms with van der Waals surface area (Å²) < 4.78 is 5.23. The molecule has 0 saturated carbocycles. The topological polar surface area (TPSA) is 87.7 Å². The Kier molecular flexibility index (Phi) is 7.36. The summed E-state index contributed by atoms with van der Waals surface area (Å²) in [5.74, 6) is -0.635. The van der Waals surface area contributed by atoms with E-state index in [4.69, 9.17) is 4.74 Å². The summed E-state index contributed by atoms with van der Waals surface area (Å²) in [5, 5.41) is 5.55. The number of nitrogens with zero attached hydrogens (tertiary/aromatic N) is 1. The second-order valence-corrected chi connectivity index (χ2v) is 7.20. The number of amides is 3. The van der Waals surface area contributed by atoms with Crippen molar-refractivity contribution in [2.24, 2.45) is 11.8 Å². The van der Waals surface area contributed by atoms with Gasteiger partial charge in [-0.2, -0.15) is 0 Å². The Hall–Kier alpha value is -2.41. The van der Waals surface area contributed by atoms with E-state index < -0.39 is 0 Å². The summed E-state index contributed by atoms with van der Waals surface area (Å²) in [7, 11) is 0. The predicted molar refractivity (Wildman–Crippen MR) is 104 cm³/mol. The summed E-state index contributed by atoms with van der Waals surface area (Å²) in [6.45, 7) is 9.68. The van der Waals surface area contributed by atoms with Gasteiger partial charge in [0, 0.05) is 19.0 Å². The van der Waals surface area contributed by atoms with Gasteiger partial charge in [0.05, 0.1) is 31.0 Å². The zero-order valence-corrected chi connectivity index (χ0v) is 16.5. The standard InChI is InChI=1S/C20H29N3O4/c1-13(2)15(4)19(25)22-18-14(3)6-5-7-16(18)20(26)21-12-17(24)23-8-10-27-11-9-23/h5-7,13,15H,8-12H2,1-4H3,(H,21,26)(H,22,25). The highest BCUT2D eigenvalue weighted by molar-refractivity contribution is 6.05. The van der Waals surface area contributed by atoms with Crippen LogP contribution in [0.3, 0.4) is 0 Å². The van der Waals surface area contributed by atoms with E-state index in [0.717, 1.165) is 5.56 Å². The van der Waals surface area contributed by atoms with Crippen molar-refractivity contribution < 1.29 is 19.1 Å². The summed E-state index contributed by atoms with van der Waals surface area (Å²) in [6.07, 6.45) is 0. The molecule has 1 unspecified atom stereocenters. The van der Waals surface area contributed by atoms with Crippen LogP contribution in [0.25, 0.3) is 0 Å². The number of hydrogen-bond donors (Lipinski definition) is 2. The van der Waals surface area contributed by atoms with Gasteiger partial charge in [0.2, 0.25) is 11.8 Å². The summed E-state index contributed by atoms with van der Waals surface area (Å²) >= 11 is 0. The fraction of sp³-hybridized carbons (Fsp3) is 0.550. The lowest BCUT2D eigenvalue weighted by Crippen LogP contribution is -2.45. The maximum atomic E-state index is 12.6. The van der Waals surface area contributed by atoms with Crippen LogP contribution in [0.1, 0.15) is 36.7 Å². The molecule has 1 aliphatic heterocycles. The van der Waals surface area contributed by atoms with Gasteiger partial charge in [-0.15, -0.1) is 0 Å². The molecule has 0 radical (unpaired) electrons. The van der Waals surface area contributed by atoms with E-state index in [1.54, 1.807) is 17.0 Å². The first-order valence-electron chi connectivity index (χ1n) is 9.35. The normalized spacial score (nSPS) is 15.4. The van der Waals surface area contributed by atoms with Crippen LogP contribution in [0, 0.1) is 18.8 Å². The van der Waals surface area contributed by atoms with Crippen LogP contribution in [0.15, 0.2) is 18.2 Å². The van der Waals surface area contributed by atoms with Gasteiger partial charge >= 0.3 is 0 Å². The lowest BCUT2D eigenvalue weighted by molar-refractivity contribution is -0.134. The number of carbonyl (C=O) groups is 3. The van der Waals surface area contributed by atoms with Crippen LogP contribution < -0.4 is 10.6 Å². The van der Waals surface area contributed by atoms with Crippen molar-refractivity contribution >= 4 is 23.4 Å². The van der Waals surface area contributed by atoms with Crippen LogP contribution in [-0.4, -0.2) is 55.5 Å². The molecule has 1 aliphatic rings. The number of aryl methyl sites for hydroxylation is 1. The number of morpholine rings is 1. The Balaban J connectivity index is 2.06. The lowest BCUT2D eigenvalue weighted by atomic mass is 9.96. The third-order valence-electron chi connectivity index (χ3n) is 4.94. The summed E-state index contributed by atoms with van der Waals surface area (Å²) in [6, 6.07) is 5.25. The first kappa shape index (κ1) is 20.9. The zero-order valence-electron chi connectivity index (χ0n) is 16.5. The molecule has 148 valence electrons. The Morgan fingerprint density at radius 2 is 1.81 bits per heavy atom. The molecule has 0 bridgehead atoms. The van der Waals surface area contributed by atoms with Gasteiger partial charge in [-0.25, -0.2) is 0 Å². The zero-order chi connectivity index (χ0) is 20.0. The van der Waals surface area contributed by atoms with Crippen LogP contribution in [0.2, 0.25) is 0 Å². The Bertz CT molecular complexity index is 696. The molecular weight excluding hydrogens is 346 g/mol. The Morgan fingerprint density at radius 3 is 2.44 bits per heavy atom. The van der Waals surface area contributed by atoms with Gasteiger partial charge < -0.3 is 20.3 Å². The third kappa shape index (κ3) is 5.53. The third-order valence-corrected chi connectivity index (χ3v) is 4.94. The molecule has 7 nitrogen and oxygen atoms in total. The van der Waals surface area contributed by atoms with Gasteiger partial charge in [-0.05, 0) is 24.5 Å².